The van der Waals surface area contributed by atoms with E-state index in [1.807, 2.05) is 18.2 Å². The van der Waals surface area contributed by atoms with Gasteiger partial charge in [-0.15, -0.1) is 0 Å². The molecule has 2 rings (SSSR count). The van der Waals surface area contributed by atoms with E-state index in [-0.39, 0.29) is 43.1 Å². The zero-order chi connectivity index (χ0) is 19.1. The Kier molecular flexibility index (Phi) is 6.97. The second-order valence-corrected chi connectivity index (χ2v) is 6.43. The number of halogens is 1. The van der Waals surface area contributed by atoms with Crippen LogP contribution in [0.2, 0.25) is 5.02 Å². The Morgan fingerprint density at radius 2 is 1.92 bits per heavy atom. The summed E-state index contributed by atoms with van der Waals surface area (Å²) in [5.74, 6) is -0.737. The molecule has 0 aliphatic carbocycles. The molecule has 2 aromatic rings. The fourth-order valence-electron chi connectivity index (χ4n) is 2.30. The first kappa shape index (κ1) is 19.7. The van der Waals surface area contributed by atoms with Crippen LogP contribution in [0.4, 0.5) is 0 Å². The molecule has 0 aliphatic heterocycles. The van der Waals surface area contributed by atoms with Crippen LogP contribution in [0.1, 0.15) is 36.2 Å². The maximum Gasteiger partial charge on any atom is 0.307 e. The molecule has 7 heteroatoms. The number of rotatable bonds is 7. The second-order valence-electron chi connectivity index (χ2n) is 6.02. The minimum atomic E-state index is -0.371. The van der Waals surface area contributed by atoms with Gasteiger partial charge in [-0.05, 0) is 31.5 Å². The van der Waals surface area contributed by atoms with Gasteiger partial charge >= 0.3 is 5.97 Å². The molecule has 0 radical (unpaired) electrons. The van der Waals surface area contributed by atoms with Crippen LogP contribution < -0.4 is 10.9 Å². The number of nitrogens with one attached hydrogen (secondary N) is 1. The third-order valence-corrected chi connectivity index (χ3v) is 3.89. The van der Waals surface area contributed by atoms with Gasteiger partial charge < -0.3 is 14.6 Å². The Labute approximate surface area is 156 Å². The first-order chi connectivity index (χ1) is 12.4. The number of esters is 1. The van der Waals surface area contributed by atoms with Gasteiger partial charge in [-0.3, -0.25) is 14.4 Å². The Hall–Kier alpha value is -2.60. The number of aromatic nitrogens is 1. The van der Waals surface area contributed by atoms with Crippen molar-refractivity contribution in [2.45, 2.75) is 32.9 Å². The van der Waals surface area contributed by atoms with Crippen LogP contribution >= 0.6 is 11.6 Å². The number of carbonyl (C=O) groups is 2. The molecule has 1 amide bonds. The third kappa shape index (κ3) is 5.74. The summed E-state index contributed by atoms with van der Waals surface area (Å²) in [7, 11) is 0. The largest absolute Gasteiger partial charge is 0.463 e. The minimum absolute atomic E-state index is 0.0865. The fourth-order valence-corrected chi connectivity index (χ4v) is 2.50. The van der Waals surface area contributed by atoms with E-state index in [4.69, 9.17) is 16.3 Å². The van der Waals surface area contributed by atoms with Crippen LogP contribution in [-0.2, 0) is 16.1 Å². The second kappa shape index (κ2) is 9.20. The first-order valence-corrected chi connectivity index (χ1v) is 8.66. The highest BCUT2D eigenvalue weighted by molar-refractivity contribution is 6.31. The smallest absolute Gasteiger partial charge is 0.307 e. The number of carbonyl (C=O) groups excluding carboxylic acids is 2. The summed E-state index contributed by atoms with van der Waals surface area (Å²) in [6.07, 6.45) is 1.38. The molecule has 0 aliphatic rings. The molecular formula is C19H21ClN2O4. The highest BCUT2D eigenvalue weighted by atomic mass is 35.5. The van der Waals surface area contributed by atoms with Crippen molar-refractivity contribution in [1.29, 1.82) is 0 Å². The van der Waals surface area contributed by atoms with Gasteiger partial charge in [0.25, 0.3) is 11.5 Å². The SMILES string of the molecule is CC(C)OC(=O)CCNC(=O)c1ccc(=O)n(Cc2ccccc2Cl)c1. The van der Waals surface area contributed by atoms with E-state index >= 15 is 0 Å². The molecular weight excluding hydrogens is 356 g/mol. The van der Waals surface area contributed by atoms with Gasteiger partial charge in [0.05, 0.1) is 24.6 Å². The van der Waals surface area contributed by atoms with Crippen molar-refractivity contribution >= 4 is 23.5 Å². The van der Waals surface area contributed by atoms with E-state index < -0.39 is 0 Å². The van der Waals surface area contributed by atoms with Crippen LogP contribution in [0.5, 0.6) is 0 Å². The van der Waals surface area contributed by atoms with Gasteiger partial charge in [0.1, 0.15) is 0 Å². The molecule has 0 unspecified atom stereocenters. The lowest BCUT2D eigenvalue weighted by Crippen LogP contribution is -2.29. The zero-order valence-corrected chi connectivity index (χ0v) is 15.5. The molecule has 0 atom stereocenters. The quantitative estimate of drug-likeness (QED) is 0.753. The lowest BCUT2D eigenvalue weighted by molar-refractivity contribution is -0.147. The topological polar surface area (TPSA) is 77.4 Å². The number of benzene rings is 1. The standard InChI is InChI=1S/C19H21ClN2O4/c1-13(2)26-18(24)9-10-21-19(25)15-7-8-17(23)22(12-15)11-14-5-3-4-6-16(14)20/h3-8,12-13H,9-11H2,1-2H3,(H,21,25). The van der Waals surface area contributed by atoms with Gasteiger partial charge in [-0.2, -0.15) is 0 Å². The first-order valence-electron chi connectivity index (χ1n) is 8.28. The molecule has 26 heavy (non-hydrogen) atoms. The van der Waals surface area contributed by atoms with Crippen LogP contribution in [-0.4, -0.2) is 29.1 Å². The predicted octanol–water partition coefficient (Wildman–Crippen LogP) is 2.62. The molecule has 0 fully saturated rings. The Morgan fingerprint density at radius 1 is 1.19 bits per heavy atom. The Bertz CT molecular complexity index is 845. The van der Waals surface area contributed by atoms with E-state index in [1.54, 1.807) is 19.9 Å². The lowest BCUT2D eigenvalue weighted by atomic mass is 10.2. The van der Waals surface area contributed by atoms with Crippen molar-refractivity contribution in [3.63, 3.8) is 0 Å². The van der Waals surface area contributed by atoms with Crippen molar-refractivity contribution in [1.82, 2.24) is 9.88 Å². The summed E-state index contributed by atoms with van der Waals surface area (Å²) < 4.78 is 6.42. The normalized spacial score (nSPS) is 10.6. The molecule has 6 nitrogen and oxygen atoms in total. The molecule has 0 saturated carbocycles. The number of hydrogen-bond donors (Lipinski definition) is 1. The average Bonchev–Trinajstić information content (AvgIpc) is 2.58. The maximum atomic E-state index is 12.2. The number of nitrogens with zero attached hydrogens (tertiary/aromatic N) is 1. The van der Waals surface area contributed by atoms with Gasteiger partial charge in [-0.25, -0.2) is 0 Å². The summed E-state index contributed by atoms with van der Waals surface area (Å²) in [5, 5.41) is 3.20. The molecule has 0 spiro atoms. The van der Waals surface area contributed by atoms with Crippen LogP contribution in [0.25, 0.3) is 0 Å². The molecule has 0 saturated heterocycles. The summed E-state index contributed by atoms with van der Waals surface area (Å²) in [6, 6.07) is 9.99. The number of amides is 1. The molecule has 1 aromatic heterocycles. The van der Waals surface area contributed by atoms with Gasteiger partial charge in [0, 0.05) is 23.8 Å². The van der Waals surface area contributed by atoms with Gasteiger partial charge in [0.15, 0.2) is 0 Å². The number of ether oxygens (including phenoxy) is 1. The van der Waals surface area contributed by atoms with Crippen molar-refractivity contribution < 1.29 is 14.3 Å². The van der Waals surface area contributed by atoms with Crippen LogP contribution in [0.3, 0.4) is 0 Å². The summed E-state index contributed by atoms with van der Waals surface area (Å²) in [5.41, 5.74) is 0.876. The van der Waals surface area contributed by atoms with Crippen LogP contribution in [0, 0.1) is 0 Å². The third-order valence-electron chi connectivity index (χ3n) is 3.53. The summed E-state index contributed by atoms with van der Waals surface area (Å²) in [6.45, 7) is 3.95. The van der Waals surface area contributed by atoms with Crippen molar-refractivity contribution in [2.75, 3.05) is 6.54 Å². The van der Waals surface area contributed by atoms with E-state index in [1.165, 1.54) is 22.9 Å². The summed E-state index contributed by atoms with van der Waals surface area (Å²) in [4.78, 5) is 35.7. The van der Waals surface area contributed by atoms with Crippen molar-refractivity contribution in [3.05, 3.63) is 69.1 Å². The fraction of sp³-hybridized carbons (Fsp3) is 0.316. The predicted molar refractivity (Wildman–Crippen MR) is 99.4 cm³/mol. The highest BCUT2D eigenvalue weighted by Gasteiger charge is 2.10. The Morgan fingerprint density at radius 3 is 2.62 bits per heavy atom. The maximum absolute atomic E-state index is 12.2. The molecule has 0 bridgehead atoms. The minimum Gasteiger partial charge on any atom is -0.463 e. The molecule has 1 N–H and O–H groups in total. The molecule has 138 valence electrons. The highest BCUT2D eigenvalue weighted by Crippen LogP contribution is 2.15. The van der Waals surface area contributed by atoms with Crippen molar-refractivity contribution in [2.24, 2.45) is 0 Å². The van der Waals surface area contributed by atoms with Crippen molar-refractivity contribution in [3.8, 4) is 0 Å². The van der Waals surface area contributed by atoms with E-state index in [9.17, 15) is 14.4 Å². The Balaban J connectivity index is 2.02. The van der Waals surface area contributed by atoms with E-state index in [2.05, 4.69) is 5.32 Å². The lowest BCUT2D eigenvalue weighted by Gasteiger charge is -2.11. The summed E-state index contributed by atoms with van der Waals surface area (Å²) >= 11 is 6.12. The van der Waals surface area contributed by atoms with Crippen LogP contribution in [0.15, 0.2) is 47.4 Å². The zero-order valence-electron chi connectivity index (χ0n) is 14.7. The molecule has 1 aromatic carbocycles. The van der Waals surface area contributed by atoms with Gasteiger partial charge in [0.2, 0.25) is 0 Å². The monoisotopic (exact) mass is 376 g/mol. The number of hydrogen-bond acceptors (Lipinski definition) is 4. The van der Waals surface area contributed by atoms with E-state index in [0.29, 0.717) is 10.6 Å². The molecule has 1 heterocycles. The van der Waals surface area contributed by atoms with Gasteiger partial charge in [-0.1, -0.05) is 29.8 Å². The average molecular weight is 377 g/mol. The number of pyridine rings is 1. The van der Waals surface area contributed by atoms with E-state index in [0.717, 1.165) is 5.56 Å².